The second-order valence-electron chi connectivity index (χ2n) is 5.52. The van der Waals surface area contributed by atoms with Crippen LogP contribution in [-0.4, -0.2) is 30.8 Å². The van der Waals surface area contributed by atoms with Crippen LogP contribution in [0.25, 0.3) is 0 Å². The van der Waals surface area contributed by atoms with Crippen molar-refractivity contribution in [3.05, 3.63) is 29.3 Å². The summed E-state index contributed by atoms with van der Waals surface area (Å²) in [5, 5.41) is 0. The van der Waals surface area contributed by atoms with E-state index in [0.29, 0.717) is 5.56 Å². The molecule has 0 unspecified atom stereocenters. The van der Waals surface area contributed by atoms with E-state index in [-0.39, 0.29) is 18.3 Å². The van der Waals surface area contributed by atoms with Crippen LogP contribution in [0.5, 0.6) is 0 Å². The average Bonchev–Trinajstić information content (AvgIpc) is 2.49. The summed E-state index contributed by atoms with van der Waals surface area (Å²) >= 11 is 0. The first kappa shape index (κ1) is 16.3. The first-order chi connectivity index (χ1) is 9.92. The smallest absolute Gasteiger partial charge is 0.257 e. The summed E-state index contributed by atoms with van der Waals surface area (Å²) < 4.78 is 42.2. The van der Waals surface area contributed by atoms with Crippen molar-refractivity contribution in [1.29, 1.82) is 0 Å². The fourth-order valence-corrected chi connectivity index (χ4v) is 3.75. The Morgan fingerprint density at radius 2 is 2.05 bits per heavy atom. The first-order valence-corrected chi connectivity index (χ1v) is 8.68. The first-order valence-electron chi connectivity index (χ1n) is 7.24. The molecule has 0 amide bonds. The average molecular weight is 315 g/mol. The molecule has 1 N–H and O–H groups in total. The van der Waals surface area contributed by atoms with Gasteiger partial charge in [0.25, 0.3) is 10.2 Å². The zero-order chi connectivity index (χ0) is 15.5. The number of aromatic nitrogens is 1. The van der Waals surface area contributed by atoms with Gasteiger partial charge in [-0.1, -0.05) is 19.3 Å². The van der Waals surface area contributed by atoms with E-state index < -0.39 is 16.0 Å². The fourth-order valence-electron chi connectivity index (χ4n) is 2.62. The van der Waals surface area contributed by atoms with Gasteiger partial charge in [-0.05, 0) is 31.4 Å². The monoisotopic (exact) mass is 315 g/mol. The van der Waals surface area contributed by atoms with Crippen LogP contribution >= 0.6 is 0 Å². The Morgan fingerprint density at radius 1 is 1.38 bits per heavy atom. The Morgan fingerprint density at radius 3 is 2.71 bits per heavy atom. The molecule has 0 spiro atoms. The molecule has 0 atom stereocenters. The molecule has 0 bridgehead atoms. The van der Waals surface area contributed by atoms with Crippen molar-refractivity contribution in [3.8, 4) is 0 Å². The normalized spacial score (nSPS) is 17.3. The highest BCUT2D eigenvalue weighted by molar-refractivity contribution is 7.87. The number of nitrogens with zero attached hydrogens (tertiary/aromatic N) is 2. The second-order valence-corrected chi connectivity index (χ2v) is 7.34. The van der Waals surface area contributed by atoms with E-state index in [1.54, 1.807) is 20.0 Å². The van der Waals surface area contributed by atoms with Crippen LogP contribution in [0.1, 0.15) is 43.4 Å². The minimum Gasteiger partial charge on any atom is -0.257 e. The number of hydrogen-bond acceptors (Lipinski definition) is 3. The van der Waals surface area contributed by atoms with Gasteiger partial charge in [-0.15, -0.1) is 0 Å². The van der Waals surface area contributed by atoms with Gasteiger partial charge in [0.1, 0.15) is 5.82 Å². The molecule has 1 saturated carbocycles. The van der Waals surface area contributed by atoms with Crippen molar-refractivity contribution < 1.29 is 12.8 Å². The fraction of sp³-hybridized carbons (Fsp3) is 0.643. The topological polar surface area (TPSA) is 62.3 Å². The van der Waals surface area contributed by atoms with Gasteiger partial charge in [-0.3, -0.25) is 4.98 Å². The third kappa shape index (κ3) is 3.99. The van der Waals surface area contributed by atoms with Crippen molar-refractivity contribution >= 4 is 10.2 Å². The van der Waals surface area contributed by atoms with Gasteiger partial charge in [-0.25, -0.2) is 4.39 Å². The van der Waals surface area contributed by atoms with E-state index in [9.17, 15) is 12.8 Å². The van der Waals surface area contributed by atoms with Crippen molar-refractivity contribution in [3.63, 3.8) is 0 Å². The maximum absolute atomic E-state index is 13.8. The third-order valence-electron chi connectivity index (χ3n) is 4.04. The van der Waals surface area contributed by atoms with Crippen LogP contribution in [0.4, 0.5) is 4.39 Å². The van der Waals surface area contributed by atoms with E-state index in [1.165, 1.54) is 10.5 Å². The SMILES string of the molecule is Cc1ccnc(CNS(=O)(=O)N(C)C2CCCCC2)c1F. The molecule has 1 heterocycles. The van der Waals surface area contributed by atoms with Crippen LogP contribution < -0.4 is 4.72 Å². The summed E-state index contributed by atoms with van der Waals surface area (Å²) in [4.78, 5) is 3.89. The highest BCUT2D eigenvalue weighted by Crippen LogP contribution is 2.23. The lowest BCUT2D eigenvalue weighted by Crippen LogP contribution is -2.44. The zero-order valence-electron chi connectivity index (χ0n) is 12.5. The Hall–Kier alpha value is -1.05. The van der Waals surface area contributed by atoms with Crippen LogP contribution in [0.2, 0.25) is 0 Å². The highest BCUT2D eigenvalue weighted by atomic mass is 32.2. The van der Waals surface area contributed by atoms with Gasteiger partial charge >= 0.3 is 0 Å². The lowest BCUT2D eigenvalue weighted by atomic mass is 9.96. The van der Waals surface area contributed by atoms with Gasteiger partial charge in [0.2, 0.25) is 0 Å². The maximum atomic E-state index is 13.8. The number of rotatable bonds is 5. The number of hydrogen-bond donors (Lipinski definition) is 1. The van der Waals surface area contributed by atoms with Crippen LogP contribution in [0, 0.1) is 12.7 Å². The van der Waals surface area contributed by atoms with Crippen molar-refractivity contribution in [2.75, 3.05) is 7.05 Å². The lowest BCUT2D eigenvalue weighted by Gasteiger charge is -2.30. The minimum atomic E-state index is -3.61. The van der Waals surface area contributed by atoms with Gasteiger partial charge in [-0.2, -0.15) is 17.4 Å². The molecule has 5 nitrogen and oxygen atoms in total. The molecular weight excluding hydrogens is 293 g/mol. The summed E-state index contributed by atoms with van der Waals surface area (Å²) in [6, 6.07) is 1.59. The maximum Gasteiger partial charge on any atom is 0.279 e. The summed E-state index contributed by atoms with van der Waals surface area (Å²) in [7, 11) is -2.03. The highest BCUT2D eigenvalue weighted by Gasteiger charge is 2.27. The van der Waals surface area contributed by atoms with E-state index in [0.717, 1.165) is 32.1 Å². The molecule has 0 saturated heterocycles. The van der Waals surface area contributed by atoms with Crippen LogP contribution in [-0.2, 0) is 16.8 Å². The van der Waals surface area contributed by atoms with E-state index in [1.807, 2.05) is 0 Å². The summed E-state index contributed by atoms with van der Waals surface area (Å²) in [6.07, 6.45) is 6.52. The van der Waals surface area contributed by atoms with E-state index in [2.05, 4.69) is 9.71 Å². The molecule has 118 valence electrons. The second kappa shape index (κ2) is 6.81. The summed E-state index contributed by atoms with van der Waals surface area (Å²) in [5.41, 5.74) is 0.579. The summed E-state index contributed by atoms with van der Waals surface area (Å²) in [5.74, 6) is -0.458. The molecule has 1 fully saturated rings. The molecule has 2 rings (SSSR count). The van der Waals surface area contributed by atoms with Crippen LogP contribution in [0.3, 0.4) is 0 Å². The minimum absolute atomic E-state index is 0.0339. The molecule has 1 aromatic rings. The van der Waals surface area contributed by atoms with Crippen molar-refractivity contribution in [2.24, 2.45) is 0 Å². The Kier molecular flexibility index (Phi) is 5.29. The number of nitrogens with one attached hydrogen (secondary N) is 1. The van der Waals surface area contributed by atoms with Crippen LogP contribution in [0.15, 0.2) is 12.3 Å². The van der Waals surface area contributed by atoms with Gasteiger partial charge in [0.05, 0.1) is 12.2 Å². The quantitative estimate of drug-likeness (QED) is 0.905. The van der Waals surface area contributed by atoms with Gasteiger partial charge < -0.3 is 0 Å². The van der Waals surface area contributed by atoms with Gasteiger partial charge in [0, 0.05) is 19.3 Å². The molecule has 1 aliphatic carbocycles. The molecule has 0 aromatic carbocycles. The predicted molar refractivity (Wildman–Crippen MR) is 79.3 cm³/mol. The third-order valence-corrected chi connectivity index (χ3v) is 5.61. The van der Waals surface area contributed by atoms with E-state index in [4.69, 9.17) is 0 Å². The number of halogens is 1. The molecule has 0 radical (unpaired) electrons. The van der Waals surface area contributed by atoms with E-state index >= 15 is 0 Å². The zero-order valence-corrected chi connectivity index (χ0v) is 13.3. The Labute approximate surface area is 125 Å². The molecule has 21 heavy (non-hydrogen) atoms. The van der Waals surface area contributed by atoms with Crippen molar-refractivity contribution in [1.82, 2.24) is 14.0 Å². The summed E-state index contributed by atoms with van der Waals surface area (Å²) in [6.45, 7) is 1.50. The number of pyridine rings is 1. The molecular formula is C14H22FN3O2S. The largest absolute Gasteiger partial charge is 0.279 e. The molecule has 1 aromatic heterocycles. The molecule has 1 aliphatic rings. The Balaban J connectivity index is 2.02. The predicted octanol–water partition coefficient (Wildman–Crippen LogP) is 2.13. The molecule has 7 heteroatoms. The number of aryl methyl sites for hydroxylation is 1. The lowest BCUT2D eigenvalue weighted by molar-refractivity contribution is 0.282. The Bertz CT molecular complexity index is 586. The van der Waals surface area contributed by atoms with Gasteiger partial charge in [0.15, 0.2) is 0 Å². The molecule has 0 aliphatic heterocycles. The standard InChI is InChI=1S/C14H22FN3O2S/c1-11-8-9-16-13(14(11)15)10-17-21(19,20)18(2)12-6-4-3-5-7-12/h8-9,12,17H,3-7,10H2,1-2H3. The van der Waals surface area contributed by atoms with Crippen molar-refractivity contribution in [2.45, 2.75) is 51.6 Å².